The van der Waals surface area contributed by atoms with E-state index in [0.29, 0.717) is 11.6 Å². The van der Waals surface area contributed by atoms with Gasteiger partial charge in [0.25, 0.3) is 0 Å². The van der Waals surface area contributed by atoms with E-state index in [9.17, 15) is 0 Å². The van der Waals surface area contributed by atoms with E-state index in [2.05, 4.69) is 23.2 Å². The van der Waals surface area contributed by atoms with Crippen LogP contribution in [0.4, 0.5) is 0 Å². The first kappa shape index (κ1) is 12.5. The van der Waals surface area contributed by atoms with Gasteiger partial charge in [-0.3, -0.25) is 4.98 Å². The number of pyridine rings is 1. The van der Waals surface area contributed by atoms with E-state index in [4.69, 9.17) is 16.3 Å². The summed E-state index contributed by atoms with van der Waals surface area (Å²) in [5.74, 6) is 0.919. The number of hydrogen-bond donors (Lipinski definition) is 0. The van der Waals surface area contributed by atoms with Crippen LogP contribution in [0.5, 0.6) is 5.75 Å². The Labute approximate surface area is 118 Å². The van der Waals surface area contributed by atoms with Gasteiger partial charge in [-0.05, 0) is 61.1 Å². The molecule has 0 atom stereocenters. The van der Waals surface area contributed by atoms with Crippen molar-refractivity contribution in [3.8, 4) is 5.75 Å². The number of halogens is 1. The van der Waals surface area contributed by atoms with E-state index in [-0.39, 0.29) is 0 Å². The van der Waals surface area contributed by atoms with Crippen LogP contribution in [0.3, 0.4) is 0 Å². The molecule has 3 rings (SSSR count). The number of aryl methyl sites for hydroxylation is 2. The molecule has 0 amide bonds. The van der Waals surface area contributed by atoms with Crippen LogP contribution in [-0.2, 0) is 19.4 Å². The number of nitrogens with zero attached hydrogens (tertiary/aromatic N) is 1. The second-order valence-electron chi connectivity index (χ2n) is 4.89. The van der Waals surface area contributed by atoms with Gasteiger partial charge in [0.1, 0.15) is 12.4 Å². The Kier molecular flexibility index (Phi) is 3.69. The second kappa shape index (κ2) is 5.62. The first-order valence-electron chi connectivity index (χ1n) is 6.66. The lowest BCUT2D eigenvalue weighted by molar-refractivity contribution is 0.301. The lowest BCUT2D eigenvalue weighted by Gasteiger charge is -2.16. The van der Waals surface area contributed by atoms with Gasteiger partial charge in [0.05, 0.1) is 5.69 Å². The molecule has 0 radical (unpaired) electrons. The zero-order valence-corrected chi connectivity index (χ0v) is 11.5. The summed E-state index contributed by atoms with van der Waals surface area (Å²) >= 11 is 5.93. The molecular weight excluding hydrogens is 258 g/mol. The van der Waals surface area contributed by atoms with Gasteiger partial charge in [-0.1, -0.05) is 17.7 Å². The highest BCUT2D eigenvalue weighted by Crippen LogP contribution is 2.25. The predicted molar refractivity (Wildman–Crippen MR) is 76.7 cm³/mol. The molecule has 3 heteroatoms. The van der Waals surface area contributed by atoms with Gasteiger partial charge in [0.2, 0.25) is 0 Å². The number of fused-ring (bicyclic) bond motifs is 1. The molecule has 0 unspecified atom stereocenters. The number of hydrogen-bond acceptors (Lipinski definition) is 2. The molecule has 19 heavy (non-hydrogen) atoms. The van der Waals surface area contributed by atoms with E-state index in [1.807, 2.05) is 6.07 Å². The smallest absolute Gasteiger partial charge is 0.130 e. The molecule has 1 heterocycles. The van der Waals surface area contributed by atoms with E-state index >= 15 is 0 Å². The van der Waals surface area contributed by atoms with Crippen molar-refractivity contribution in [2.45, 2.75) is 32.3 Å². The van der Waals surface area contributed by atoms with Crippen LogP contribution in [-0.4, -0.2) is 4.98 Å². The van der Waals surface area contributed by atoms with Crippen LogP contribution in [0, 0.1) is 0 Å². The maximum atomic E-state index is 5.93. The minimum absolute atomic E-state index is 0.458. The topological polar surface area (TPSA) is 22.1 Å². The Morgan fingerprint density at radius 1 is 1.05 bits per heavy atom. The zero-order chi connectivity index (χ0) is 13.1. The third-order valence-corrected chi connectivity index (χ3v) is 3.72. The van der Waals surface area contributed by atoms with Crippen LogP contribution in [0.25, 0.3) is 0 Å². The van der Waals surface area contributed by atoms with Crippen molar-refractivity contribution >= 4 is 11.6 Å². The third-order valence-electron chi connectivity index (χ3n) is 3.49. The highest BCUT2D eigenvalue weighted by atomic mass is 35.5. The van der Waals surface area contributed by atoms with Crippen molar-refractivity contribution in [2.75, 3.05) is 0 Å². The van der Waals surface area contributed by atoms with Crippen LogP contribution >= 0.6 is 11.6 Å². The van der Waals surface area contributed by atoms with Gasteiger partial charge in [-0.2, -0.15) is 0 Å². The molecule has 2 aromatic rings. The van der Waals surface area contributed by atoms with E-state index < -0.39 is 0 Å². The second-order valence-corrected chi connectivity index (χ2v) is 5.33. The molecule has 1 aromatic heterocycles. The van der Waals surface area contributed by atoms with Crippen molar-refractivity contribution in [1.82, 2.24) is 4.98 Å². The van der Waals surface area contributed by atoms with E-state index in [1.54, 1.807) is 12.3 Å². The van der Waals surface area contributed by atoms with Gasteiger partial charge in [0.15, 0.2) is 0 Å². The van der Waals surface area contributed by atoms with Gasteiger partial charge in [-0.25, -0.2) is 0 Å². The molecule has 2 nitrogen and oxygen atoms in total. The molecule has 0 saturated carbocycles. The van der Waals surface area contributed by atoms with Gasteiger partial charge < -0.3 is 4.74 Å². The summed E-state index contributed by atoms with van der Waals surface area (Å²) in [7, 11) is 0. The summed E-state index contributed by atoms with van der Waals surface area (Å²) in [5.41, 5.74) is 3.76. The number of benzene rings is 1. The molecule has 0 bridgehead atoms. The molecular formula is C16H16ClNO. The minimum atomic E-state index is 0.458. The predicted octanol–water partition coefficient (Wildman–Crippen LogP) is 4.19. The molecule has 98 valence electrons. The Morgan fingerprint density at radius 3 is 2.74 bits per heavy atom. The molecule has 0 saturated heterocycles. The maximum absolute atomic E-state index is 5.93. The largest absolute Gasteiger partial charge is 0.487 e. The first-order chi connectivity index (χ1) is 9.31. The van der Waals surface area contributed by atoms with Crippen molar-refractivity contribution in [3.63, 3.8) is 0 Å². The monoisotopic (exact) mass is 273 g/mol. The maximum Gasteiger partial charge on any atom is 0.130 e. The minimum Gasteiger partial charge on any atom is -0.487 e. The Hall–Kier alpha value is -1.54. The standard InChI is InChI=1S/C16H16ClNO/c17-14-7-8-18-15(10-14)11-19-16-6-5-12-3-1-2-4-13(12)9-16/h5-10H,1-4,11H2. The summed E-state index contributed by atoms with van der Waals surface area (Å²) in [5, 5.41) is 0.694. The van der Waals surface area contributed by atoms with Crippen molar-refractivity contribution < 1.29 is 4.74 Å². The SMILES string of the molecule is Clc1ccnc(COc2ccc3c(c2)CCCC3)c1. The van der Waals surface area contributed by atoms with Crippen molar-refractivity contribution in [2.24, 2.45) is 0 Å². The molecule has 0 N–H and O–H groups in total. The average molecular weight is 274 g/mol. The van der Waals surface area contributed by atoms with Crippen LogP contribution in [0.2, 0.25) is 5.02 Å². The van der Waals surface area contributed by atoms with E-state index in [1.165, 1.54) is 36.8 Å². The first-order valence-corrected chi connectivity index (χ1v) is 7.04. The highest BCUT2D eigenvalue weighted by Gasteiger charge is 2.10. The van der Waals surface area contributed by atoms with Crippen LogP contribution < -0.4 is 4.74 Å². The Morgan fingerprint density at radius 2 is 1.89 bits per heavy atom. The normalized spacial score (nSPS) is 13.9. The fraction of sp³-hybridized carbons (Fsp3) is 0.312. The summed E-state index contributed by atoms with van der Waals surface area (Å²) in [6, 6.07) is 10.0. The fourth-order valence-electron chi connectivity index (χ4n) is 2.48. The fourth-order valence-corrected chi connectivity index (χ4v) is 2.67. The summed E-state index contributed by atoms with van der Waals surface area (Å²) in [6.07, 6.45) is 6.66. The van der Waals surface area contributed by atoms with Gasteiger partial charge >= 0.3 is 0 Å². The molecule has 0 fully saturated rings. The number of ether oxygens (including phenoxy) is 1. The van der Waals surface area contributed by atoms with Crippen molar-refractivity contribution in [1.29, 1.82) is 0 Å². The third kappa shape index (κ3) is 3.07. The summed E-state index contributed by atoms with van der Waals surface area (Å²) in [4.78, 5) is 4.23. The van der Waals surface area contributed by atoms with Crippen LogP contribution in [0.1, 0.15) is 29.7 Å². The summed E-state index contributed by atoms with van der Waals surface area (Å²) in [6.45, 7) is 0.458. The lowest BCUT2D eigenvalue weighted by Crippen LogP contribution is -2.04. The lowest BCUT2D eigenvalue weighted by atomic mass is 9.92. The average Bonchev–Trinajstić information content (AvgIpc) is 2.45. The number of rotatable bonds is 3. The molecule has 0 spiro atoms. The Balaban J connectivity index is 1.70. The molecule has 1 aliphatic rings. The number of aromatic nitrogens is 1. The zero-order valence-electron chi connectivity index (χ0n) is 10.7. The summed E-state index contributed by atoms with van der Waals surface area (Å²) < 4.78 is 5.79. The molecule has 1 aromatic carbocycles. The van der Waals surface area contributed by atoms with Crippen molar-refractivity contribution in [3.05, 3.63) is 58.4 Å². The highest BCUT2D eigenvalue weighted by molar-refractivity contribution is 6.30. The molecule has 0 aliphatic heterocycles. The van der Waals surface area contributed by atoms with Gasteiger partial charge in [0, 0.05) is 11.2 Å². The van der Waals surface area contributed by atoms with E-state index in [0.717, 1.165) is 11.4 Å². The molecule has 1 aliphatic carbocycles. The van der Waals surface area contributed by atoms with Crippen LogP contribution in [0.15, 0.2) is 36.5 Å². The quantitative estimate of drug-likeness (QED) is 0.836. The Bertz CT molecular complexity index is 583. The van der Waals surface area contributed by atoms with Gasteiger partial charge in [-0.15, -0.1) is 0 Å².